The average Bonchev–Trinajstić information content (AvgIpc) is 3.29. The number of nitrogens with zero attached hydrogens (tertiary/aromatic N) is 3. The van der Waals surface area contributed by atoms with Crippen LogP contribution in [0.25, 0.3) is 0 Å². The van der Waals surface area contributed by atoms with Gasteiger partial charge in [-0.05, 0) is 42.8 Å². The minimum atomic E-state index is -0.461. The van der Waals surface area contributed by atoms with Gasteiger partial charge in [0, 0.05) is 37.8 Å². The summed E-state index contributed by atoms with van der Waals surface area (Å²) < 4.78 is 9.95. The normalized spacial score (nSPS) is 23.7. The lowest BCUT2D eigenvalue weighted by Crippen LogP contribution is -2.33. The average molecular weight is 395 g/mol. The van der Waals surface area contributed by atoms with E-state index in [1.54, 1.807) is 19.2 Å². The SMILES string of the molecule is COC(=O)c1ccc(C(=O)N2C[C@@H]3CN(C)[C@H](c4ccc(OC)cc4)[C@@H]3C2)nc1. The summed E-state index contributed by atoms with van der Waals surface area (Å²) in [7, 11) is 5.13. The molecule has 152 valence electrons. The van der Waals surface area contributed by atoms with E-state index >= 15 is 0 Å². The van der Waals surface area contributed by atoms with E-state index in [4.69, 9.17) is 4.74 Å². The highest BCUT2D eigenvalue weighted by atomic mass is 16.5. The number of carbonyl (C=O) groups is 2. The molecule has 0 bridgehead atoms. The van der Waals surface area contributed by atoms with Gasteiger partial charge in [0.05, 0.1) is 19.8 Å². The number of carbonyl (C=O) groups excluding carboxylic acids is 2. The van der Waals surface area contributed by atoms with Crippen LogP contribution in [0, 0.1) is 11.8 Å². The number of pyridine rings is 1. The maximum absolute atomic E-state index is 13.0. The summed E-state index contributed by atoms with van der Waals surface area (Å²) in [5.41, 5.74) is 1.94. The molecule has 0 radical (unpaired) electrons. The monoisotopic (exact) mass is 395 g/mol. The molecule has 3 heterocycles. The number of hydrogen-bond acceptors (Lipinski definition) is 6. The van der Waals surface area contributed by atoms with Gasteiger partial charge in [-0.3, -0.25) is 14.7 Å². The number of hydrogen-bond donors (Lipinski definition) is 0. The number of aromatic nitrogens is 1. The van der Waals surface area contributed by atoms with Crippen LogP contribution in [0.3, 0.4) is 0 Å². The molecule has 1 amide bonds. The van der Waals surface area contributed by atoms with Crippen molar-refractivity contribution >= 4 is 11.9 Å². The highest BCUT2D eigenvalue weighted by Gasteiger charge is 2.47. The molecule has 2 aliphatic heterocycles. The Morgan fingerprint density at radius 1 is 1.03 bits per heavy atom. The minimum Gasteiger partial charge on any atom is -0.497 e. The lowest BCUT2D eigenvalue weighted by Gasteiger charge is -2.27. The van der Waals surface area contributed by atoms with Gasteiger partial charge in [0.15, 0.2) is 0 Å². The Morgan fingerprint density at radius 2 is 1.79 bits per heavy atom. The molecule has 0 aliphatic carbocycles. The summed E-state index contributed by atoms with van der Waals surface area (Å²) in [5.74, 6) is 1.11. The van der Waals surface area contributed by atoms with E-state index in [0.29, 0.717) is 29.6 Å². The Labute approximate surface area is 170 Å². The van der Waals surface area contributed by atoms with Crippen LogP contribution in [0.4, 0.5) is 0 Å². The summed E-state index contributed by atoms with van der Waals surface area (Å²) in [6.07, 6.45) is 1.39. The van der Waals surface area contributed by atoms with Crippen molar-refractivity contribution in [2.45, 2.75) is 6.04 Å². The van der Waals surface area contributed by atoms with Crippen molar-refractivity contribution in [1.82, 2.24) is 14.8 Å². The smallest absolute Gasteiger partial charge is 0.339 e. The third-order valence-electron chi connectivity index (χ3n) is 6.04. The number of methoxy groups -OCH3 is 2. The van der Waals surface area contributed by atoms with Crippen LogP contribution >= 0.6 is 0 Å². The lowest BCUT2D eigenvalue weighted by atomic mass is 9.89. The fourth-order valence-electron chi connectivity index (χ4n) is 4.65. The number of fused-ring (bicyclic) bond motifs is 1. The highest BCUT2D eigenvalue weighted by Crippen LogP contribution is 2.44. The first-order valence-corrected chi connectivity index (χ1v) is 9.69. The molecule has 2 aliphatic rings. The van der Waals surface area contributed by atoms with Crippen LogP contribution in [0.15, 0.2) is 42.6 Å². The van der Waals surface area contributed by atoms with Gasteiger partial charge < -0.3 is 14.4 Å². The minimum absolute atomic E-state index is 0.0908. The van der Waals surface area contributed by atoms with Gasteiger partial charge in [-0.15, -0.1) is 0 Å². The molecule has 0 unspecified atom stereocenters. The second-order valence-corrected chi connectivity index (χ2v) is 7.72. The summed E-state index contributed by atoms with van der Waals surface area (Å²) in [6.45, 7) is 2.38. The zero-order chi connectivity index (χ0) is 20.5. The van der Waals surface area contributed by atoms with Crippen molar-refractivity contribution in [3.05, 3.63) is 59.4 Å². The largest absolute Gasteiger partial charge is 0.497 e. The summed E-state index contributed by atoms with van der Waals surface area (Å²) in [5, 5.41) is 0. The Bertz CT molecular complexity index is 897. The number of rotatable bonds is 4. The topological polar surface area (TPSA) is 72.0 Å². The predicted octanol–water partition coefficient (Wildman–Crippen LogP) is 2.25. The Kier molecular flexibility index (Phi) is 5.24. The molecule has 2 saturated heterocycles. The van der Waals surface area contributed by atoms with Crippen molar-refractivity contribution < 1.29 is 19.1 Å². The van der Waals surface area contributed by atoms with Crippen LogP contribution in [-0.2, 0) is 4.74 Å². The number of ether oxygens (including phenoxy) is 2. The van der Waals surface area contributed by atoms with Crippen molar-refractivity contribution in [3.8, 4) is 5.75 Å². The Morgan fingerprint density at radius 3 is 2.41 bits per heavy atom. The van der Waals surface area contributed by atoms with Crippen molar-refractivity contribution in [2.75, 3.05) is 40.9 Å². The second-order valence-electron chi connectivity index (χ2n) is 7.72. The first-order chi connectivity index (χ1) is 14.0. The molecule has 29 heavy (non-hydrogen) atoms. The molecule has 1 aromatic carbocycles. The second kappa shape index (κ2) is 7.83. The van der Waals surface area contributed by atoms with Crippen LogP contribution in [0.5, 0.6) is 5.75 Å². The Hall–Kier alpha value is -2.93. The molecule has 2 fully saturated rings. The van der Waals surface area contributed by atoms with Gasteiger partial charge in [-0.25, -0.2) is 4.79 Å². The molecule has 7 heteroatoms. The van der Waals surface area contributed by atoms with Crippen LogP contribution in [0.1, 0.15) is 32.5 Å². The molecular formula is C22H25N3O4. The van der Waals surface area contributed by atoms with E-state index in [0.717, 1.165) is 18.8 Å². The lowest BCUT2D eigenvalue weighted by molar-refractivity contribution is 0.0599. The Balaban J connectivity index is 1.48. The van der Waals surface area contributed by atoms with E-state index in [2.05, 4.69) is 33.8 Å². The van der Waals surface area contributed by atoms with Crippen molar-refractivity contribution in [2.24, 2.45) is 11.8 Å². The molecule has 1 aromatic heterocycles. The number of amides is 1. The van der Waals surface area contributed by atoms with Gasteiger partial charge in [-0.2, -0.15) is 0 Å². The van der Waals surface area contributed by atoms with Crippen LogP contribution in [0.2, 0.25) is 0 Å². The summed E-state index contributed by atoms with van der Waals surface area (Å²) in [6, 6.07) is 11.6. The van der Waals surface area contributed by atoms with Crippen LogP contribution < -0.4 is 4.74 Å². The van der Waals surface area contributed by atoms with Crippen molar-refractivity contribution in [1.29, 1.82) is 0 Å². The molecule has 4 rings (SSSR count). The first-order valence-electron chi connectivity index (χ1n) is 9.69. The van der Waals surface area contributed by atoms with Crippen molar-refractivity contribution in [3.63, 3.8) is 0 Å². The summed E-state index contributed by atoms with van der Waals surface area (Å²) >= 11 is 0. The number of benzene rings is 1. The van der Waals surface area contributed by atoms with E-state index in [-0.39, 0.29) is 11.9 Å². The molecular weight excluding hydrogens is 370 g/mol. The van der Waals surface area contributed by atoms with Crippen LogP contribution in [-0.4, -0.2) is 67.6 Å². The molecule has 7 nitrogen and oxygen atoms in total. The molecule has 0 spiro atoms. The van der Waals surface area contributed by atoms with E-state index < -0.39 is 5.97 Å². The zero-order valence-corrected chi connectivity index (χ0v) is 16.9. The molecule has 0 saturated carbocycles. The van der Waals surface area contributed by atoms with Gasteiger partial charge in [-0.1, -0.05) is 12.1 Å². The maximum atomic E-state index is 13.0. The molecule has 3 atom stereocenters. The third kappa shape index (κ3) is 3.58. The quantitative estimate of drug-likeness (QED) is 0.740. The zero-order valence-electron chi connectivity index (χ0n) is 16.9. The number of likely N-dealkylation sites (tertiary alicyclic amines) is 2. The standard InChI is InChI=1S/C22H25N3O4/c1-24-11-16-12-25(21(26)19-9-6-15(10-23-19)22(27)29-3)13-18(16)20(24)14-4-7-17(28-2)8-5-14/h4-10,16,18,20H,11-13H2,1-3H3/t16-,18+,20+/m0/s1. The number of esters is 1. The molecule has 2 aromatic rings. The van der Waals surface area contributed by atoms with Gasteiger partial charge in [0.1, 0.15) is 11.4 Å². The van der Waals surface area contributed by atoms with Gasteiger partial charge >= 0.3 is 5.97 Å². The summed E-state index contributed by atoms with van der Waals surface area (Å²) in [4.78, 5) is 33.0. The van der Waals surface area contributed by atoms with E-state index in [1.165, 1.54) is 18.9 Å². The first kappa shape index (κ1) is 19.4. The maximum Gasteiger partial charge on any atom is 0.339 e. The molecule has 0 N–H and O–H groups in total. The van der Waals surface area contributed by atoms with E-state index in [1.807, 2.05) is 17.0 Å². The predicted molar refractivity (Wildman–Crippen MR) is 107 cm³/mol. The third-order valence-corrected chi connectivity index (χ3v) is 6.04. The van der Waals surface area contributed by atoms with Gasteiger partial charge in [0.25, 0.3) is 5.91 Å². The highest BCUT2D eigenvalue weighted by molar-refractivity contribution is 5.94. The van der Waals surface area contributed by atoms with E-state index in [9.17, 15) is 9.59 Å². The fraction of sp³-hybridized carbons (Fsp3) is 0.409. The fourth-order valence-corrected chi connectivity index (χ4v) is 4.65. The van der Waals surface area contributed by atoms with Gasteiger partial charge in [0.2, 0.25) is 0 Å².